The third kappa shape index (κ3) is 17.8. The van der Waals surface area contributed by atoms with Crippen molar-refractivity contribution in [3.63, 3.8) is 0 Å². The first-order chi connectivity index (χ1) is 32.8. The lowest BCUT2D eigenvalue weighted by molar-refractivity contribution is 0.103. The molecule has 0 saturated carbocycles. The molecule has 7 aromatic rings. The minimum atomic E-state index is -4.71. The highest BCUT2D eigenvalue weighted by atomic mass is 32.2. The van der Waals surface area contributed by atoms with Gasteiger partial charge in [-0.3, -0.25) is 13.9 Å². The Bertz CT molecular complexity index is 3450. The van der Waals surface area contributed by atoms with E-state index in [0.29, 0.717) is 57.3 Å². The zero-order valence-corrected chi connectivity index (χ0v) is 40.5. The van der Waals surface area contributed by atoms with Gasteiger partial charge in [-0.1, -0.05) is 35.9 Å². The van der Waals surface area contributed by atoms with Crippen molar-refractivity contribution in [2.45, 2.75) is 21.6 Å². The Morgan fingerprint density at radius 1 is 0.457 bits per heavy atom. The normalized spacial score (nSPS) is 10.8. The molecule has 19 nitrogen and oxygen atoms in total. The van der Waals surface area contributed by atoms with Gasteiger partial charge in [-0.2, -0.15) is 16.8 Å². The Morgan fingerprint density at radius 3 is 1.16 bits per heavy atom. The van der Waals surface area contributed by atoms with Crippen molar-refractivity contribution in [1.82, 2.24) is 0 Å². The third-order valence-electron chi connectivity index (χ3n) is 8.87. The Balaban J connectivity index is 0.000000730. The van der Waals surface area contributed by atoms with E-state index < -0.39 is 56.2 Å². The van der Waals surface area contributed by atoms with Gasteiger partial charge < -0.3 is 18.9 Å². The maximum atomic E-state index is 13.2. The predicted octanol–water partition coefficient (Wildman–Crippen LogP) is 7.85. The monoisotopic (exact) mass is 1050 g/mol. The molecular weight excluding hydrogens is 1020 g/mol. The lowest BCUT2D eigenvalue weighted by atomic mass is 10.0. The maximum Gasteiger partial charge on any atom is 0.425 e. The number of hydrogen-bond acceptors (Lipinski definition) is 17. The molecule has 366 valence electrons. The fraction of sp³-hybridized carbons (Fsp3) is 0.0652. The summed E-state index contributed by atoms with van der Waals surface area (Å²) >= 11 is 0. The van der Waals surface area contributed by atoms with E-state index in [0.717, 1.165) is 5.56 Å². The number of rotatable bonds is 13. The molecule has 7 rings (SSSR count). The Kier molecular flexibility index (Phi) is 19.4. The van der Waals surface area contributed by atoms with Crippen molar-refractivity contribution >= 4 is 57.1 Å². The number of ether oxygens (including phenoxy) is 4. The van der Waals surface area contributed by atoms with Crippen molar-refractivity contribution in [1.29, 1.82) is 0 Å². The van der Waals surface area contributed by atoms with E-state index in [1.807, 2.05) is 6.92 Å². The average molecular weight is 1060 g/mol. The van der Waals surface area contributed by atoms with Gasteiger partial charge in [0.2, 0.25) is 9.84 Å². The van der Waals surface area contributed by atoms with Crippen LogP contribution in [0.4, 0.5) is 0 Å². The second kappa shape index (κ2) is 24.6. The molecule has 0 aliphatic rings. The van der Waals surface area contributed by atoms with Crippen LogP contribution in [0.5, 0.6) is 40.2 Å². The fourth-order valence-electron chi connectivity index (χ4n) is 5.79. The first-order valence-electron chi connectivity index (χ1n) is 19.3. The molecule has 24 heteroatoms. The highest BCUT2D eigenvalue weighted by molar-refractivity contribution is 7.91. The van der Waals surface area contributed by atoms with Crippen LogP contribution in [0.3, 0.4) is 0 Å². The smallest absolute Gasteiger partial charge is 0.425 e. The van der Waals surface area contributed by atoms with Gasteiger partial charge in [0, 0.05) is 11.1 Å². The van der Waals surface area contributed by atoms with Gasteiger partial charge in [-0.05, 0) is 152 Å². The van der Waals surface area contributed by atoms with E-state index in [9.17, 15) is 34.6 Å². The number of benzene rings is 7. The zero-order valence-electron chi connectivity index (χ0n) is 36.5. The van der Waals surface area contributed by atoms with Crippen LogP contribution in [0, 0.1) is 6.92 Å². The van der Waals surface area contributed by atoms with Gasteiger partial charge in [-0.15, -0.1) is 25.3 Å². The second-order valence-corrected chi connectivity index (χ2v) is 19.6. The van der Waals surface area contributed by atoms with Crippen molar-refractivity contribution in [2.75, 3.05) is 13.4 Å². The van der Waals surface area contributed by atoms with Gasteiger partial charge in [-0.25, -0.2) is 8.42 Å². The Morgan fingerprint density at radius 2 is 0.771 bits per heavy atom. The molecule has 0 aliphatic carbocycles. The summed E-state index contributed by atoms with van der Waals surface area (Å²) in [6.45, 7) is 1.88. The fourth-order valence-corrected chi connectivity index (χ4v) is 7.69. The predicted molar refractivity (Wildman–Crippen MR) is 251 cm³/mol. The van der Waals surface area contributed by atoms with Crippen LogP contribution in [-0.4, -0.2) is 78.8 Å². The zero-order chi connectivity index (χ0) is 51.8. The Hall–Kier alpha value is -7.58. The Labute approximate surface area is 405 Å². The topological polar surface area (TPSA) is 299 Å². The highest BCUT2D eigenvalue weighted by Gasteiger charge is 2.20. The molecule has 0 unspecified atom stereocenters. The summed E-state index contributed by atoms with van der Waals surface area (Å²) in [5, 5.41) is 0. The lowest BCUT2D eigenvalue weighted by Gasteiger charge is -2.13. The second-order valence-electron chi connectivity index (χ2n) is 13.9. The van der Waals surface area contributed by atoms with Crippen LogP contribution in [0.15, 0.2) is 178 Å². The SMILES string of the molecule is COc1ccc(Oc2ccc(C(=O)c3ccc(Oc4ccc(-c5ccc(Oc6ccc(S(=O)(=O)c7ccc(C)cc7)cc6)cc5)cc4S(=O)(=O)O)cc3)cc2)cc1.CS(=O)(=O)O.O=S(=O)=O.O=S(=O)=O. The summed E-state index contributed by atoms with van der Waals surface area (Å²) < 4.78 is 160. The molecule has 0 atom stereocenters. The molecule has 0 radical (unpaired) electrons. The van der Waals surface area contributed by atoms with Crippen LogP contribution in [0.25, 0.3) is 11.1 Å². The summed E-state index contributed by atoms with van der Waals surface area (Å²) in [6.07, 6.45) is 0.715. The lowest BCUT2D eigenvalue weighted by Crippen LogP contribution is -2.03. The number of methoxy groups -OCH3 is 1. The molecule has 0 bridgehead atoms. The molecule has 0 amide bonds. The van der Waals surface area contributed by atoms with Gasteiger partial charge in [0.15, 0.2) is 5.78 Å². The first-order valence-corrected chi connectivity index (χ1v) is 26.1. The molecule has 7 aromatic carbocycles. The summed E-state index contributed by atoms with van der Waals surface area (Å²) in [7, 11) is -16.7. The standard InChI is InChI=1S/C45H34O10S2.CH4O3S.2O3S/c1-30-3-24-41(25-4-30)56(47,48)42-26-22-39(23-27-42)54-36-12-5-31(6-13-36)34-11-28-43(44(29-34)57(49,50)51)55-40-16-9-33(10-17-40)45(46)32-7-14-37(15-8-32)53-38-20-18-35(52-2)19-21-38;1-5(2,3)4;2*1-4(2)3/h3-29H,1-2H3,(H,49,50,51);1H3,(H,2,3,4);;. The molecule has 0 aromatic heterocycles. The summed E-state index contributed by atoms with van der Waals surface area (Å²) in [5.74, 6) is 2.66. The van der Waals surface area contributed by atoms with Crippen LogP contribution in [0.1, 0.15) is 21.5 Å². The van der Waals surface area contributed by atoms with E-state index in [4.69, 9.17) is 48.8 Å². The number of carbonyl (C=O) groups is 1. The summed E-state index contributed by atoms with van der Waals surface area (Å²) in [5.41, 5.74) is 2.89. The van der Waals surface area contributed by atoms with E-state index in [1.54, 1.807) is 135 Å². The molecule has 2 N–H and O–H groups in total. The first kappa shape index (κ1) is 55.0. The molecule has 70 heavy (non-hydrogen) atoms. The number of carbonyl (C=O) groups excluding carboxylic acids is 1. The van der Waals surface area contributed by atoms with Gasteiger partial charge in [0.05, 0.1) is 23.2 Å². The van der Waals surface area contributed by atoms with Gasteiger partial charge in [0.25, 0.3) is 20.2 Å². The minimum absolute atomic E-state index is 0.111. The van der Waals surface area contributed by atoms with Crippen LogP contribution in [0.2, 0.25) is 0 Å². The maximum absolute atomic E-state index is 13.2. The molecule has 0 saturated heterocycles. The summed E-state index contributed by atoms with van der Waals surface area (Å²) in [4.78, 5) is 13.1. The van der Waals surface area contributed by atoms with Crippen LogP contribution >= 0.6 is 0 Å². The van der Waals surface area contributed by atoms with E-state index >= 15 is 0 Å². The van der Waals surface area contributed by atoms with Crippen molar-refractivity contribution < 1.29 is 83.4 Å². The number of sulfone groups is 1. The molecular formula is C46H38O19S5. The minimum Gasteiger partial charge on any atom is -0.497 e. The van der Waals surface area contributed by atoms with E-state index in [2.05, 4.69) is 0 Å². The van der Waals surface area contributed by atoms with Crippen LogP contribution < -0.4 is 18.9 Å². The van der Waals surface area contributed by atoms with Crippen LogP contribution in [-0.2, 0) is 51.3 Å². The molecule has 0 heterocycles. The van der Waals surface area contributed by atoms with Crippen molar-refractivity contribution in [2.24, 2.45) is 0 Å². The number of ketones is 1. The van der Waals surface area contributed by atoms with Crippen molar-refractivity contribution in [3.8, 4) is 51.4 Å². The molecule has 0 spiro atoms. The molecule has 0 aliphatic heterocycles. The number of aryl methyl sites for hydroxylation is 1. The van der Waals surface area contributed by atoms with E-state index in [-0.39, 0.29) is 27.1 Å². The third-order valence-corrected chi connectivity index (χ3v) is 11.5. The quantitative estimate of drug-likeness (QED) is 0.0820. The average Bonchev–Trinajstić information content (AvgIpc) is 3.29. The van der Waals surface area contributed by atoms with E-state index in [1.165, 1.54) is 36.4 Å². The number of hydrogen-bond donors (Lipinski definition) is 2. The van der Waals surface area contributed by atoms with Gasteiger partial charge in [0.1, 0.15) is 45.1 Å². The largest absolute Gasteiger partial charge is 0.497 e. The molecule has 0 fully saturated rings. The highest BCUT2D eigenvalue weighted by Crippen LogP contribution is 2.35. The summed E-state index contributed by atoms with van der Waals surface area (Å²) in [6, 6.07) is 43.9. The van der Waals surface area contributed by atoms with Gasteiger partial charge >= 0.3 is 21.2 Å². The van der Waals surface area contributed by atoms with Crippen molar-refractivity contribution in [3.05, 3.63) is 180 Å².